The van der Waals surface area contributed by atoms with E-state index in [4.69, 9.17) is 0 Å². The molecule has 3 aliphatic rings. The summed E-state index contributed by atoms with van der Waals surface area (Å²) in [7, 11) is 0. The highest BCUT2D eigenvalue weighted by atomic mass is 19.4. The fraction of sp³-hybridized carbons (Fsp3) is 0.345. The Morgan fingerprint density at radius 1 is 1.12 bits per heavy atom. The minimum atomic E-state index is -4.86. The molecule has 1 aromatic carbocycles. The molecule has 2 aromatic heterocycles. The molecule has 0 radical (unpaired) electrons. The van der Waals surface area contributed by atoms with Gasteiger partial charge in [-0.1, -0.05) is 6.07 Å². The van der Waals surface area contributed by atoms with Crippen molar-refractivity contribution in [1.82, 2.24) is 20.2 Å². The van der Waals surface area contributed by atoms with Crippen molar-refractivity contribution < 1.29 is 40.7 Å². The average Bonchev–Trinajstić information content (AvgIpc) is 3.47. The number of fused-ring (bicyclic) bond motifs is 3. The highest BCUT2D eigenvalue weighted by molar-refractivity contribution is 6.06. The minimum Gasteiger partial charge on any atom is -0.340 e. The molecule has 4 heterocycles. The lowest BCUT2D eigenvalue weighted by molar-refractivity contribution is -0.170. The number of nitrogens with zero attached hydrogens (tertiary/aromatic N) is 3. The summed E-state index contributed by atoms with van der Waals surface area (Å²) >= 11 is 0. The number of likely N-dealkylation sites (tertiary alicyclic amines) is 1. The number of anilines is 1. The van der Waals surface area contributed by atoms with Crippen molar-refractivity contribution in [2.75, 3.05) is 11.9 Å². The molecule has 1 fully saturated rings. The van der Waals surface area contributed by atoms with E-state index in [0.717, 1.165) is 0 Å². The second kappa shape index (κ2) is 10.1. The quantitative estimate of drug-likeness (QED) is 0.348. The van der Waals surface area contributed by atoms with Gasteiger partial charge in [-0.25, -0.2) is 18.2 Å². The Labute approximate surface area is 240 Å². The largest absolute Gasteiger partial charge is 0.406 e. The number of halogens is 6. The van der Waals surface area contributed by atoms with E-state index in [1.54, 1.807) is 18.3 Å². The number of nitrogens with one attached hydrogen (secondary N) is 2. The maximum atomic E-state index is 14.7. The molecule has 6 rings (SSSR count). The maximum absolute atomic E-state index is 14.7. The van der Waals surface area contributed by atoms with Gasteiger partial charge in [0.25, 0.3) is 5.91 Å². The number of benzene rings is 1. The van der Waals surface area contributed by atoms with Crippen LogP contribution in [-0.4, -0.2) is 57.4 Å². The Morgan fingerprint density at radius 2 is 1.86 bits per heavy atom. The van der Waals surface area contributed by atoms with Crippen LogP contribution in [0.25, 0.3) is 0 Å². The molecule has 1 saturated heterocycles. The van der Waals surface area contributed by atoms with Gasteiger partial charge in [0.05, 0.1) is 11.0 Å². The number of pyridine rings is 2. The first-order chi connectivity index (χ1) is 20.3. The van der Waals surface area contributed by atoms with Crippen LogP contribution in [0.4, 0.5) is 32.2 Å². The van der Waals surface area contributed by atoms with Crippen LogP contribution in [0.3, 0.4) is 0 Å². The summed E-state index contributed by atoms with van der Waals surface area (Å²) in [6, 6.07) is 3.19. The number of alkyl halides is 3. The molecule has 1 spiro atoms. The van der Waals surface area contributed by atoms with Crippen LogP contribution >= 0.6 is 0 Å². The van der Waals surface area contributed by atoms with E-state index in [-0.39, 0.29) is 24.3 Å². The third-order valence-corrected chi connectivity index (χ3v) is 8.52. The van der Waals surface area contributed by atoms with Gasteiger partial charge < -0.3 is 15.5 Å². The zero-order valence-corrected chi connectivity index (χ0v) is 22.4. The Hall–Kier alpha value is -4.49. The van der Waals surface area contributed by atoms with Gasteiger partial charge in [-0.3, -0.25) is 19.4 Å². The Morgan fingerprint density at radius 3 is 2.60 bits per heavy atom. The molecule has 8 nitrogen and oxygen atoms in total. The van der Waals surface area contributed by atoms with Gasteiger partial charge in [0.1, 0.15) is 24.2 Å². The first-order valence-electron chi connectivity index (χ1n) is 13.4. The topological polar surface area (TPSA) is 104 Å². The molecule has 4 atom stereocenters. The van der Waals surface area contributed by atoms with Crippen LogP contribution in [-0.2, 0) is 27.8 Å². The Kier molecular flexibility index (Phi) is 6.69. The first kappa shape index (κ1) is 28.6. The predicted octanol–water partition coefficient (Wildman–Crippen LogP) is 3.95. The van der Waals surface area contributed by atoms with Gasteiger partial charge in [0.15, 0.2) is 11.6 Å². The molecule has 0 bridgehead atoms. The molecule has 0 saturated carbocycles. The third-order valence-electron chi connectivity index (χ3n) is 8.52. The van der Waals surface area contributed by atoms with E-state index < -0.39 is 77.4 Å². The summed E-state index contributed by atoms with van der Waals surface area (Å²) in [5, 5.41) is 5.14. The van der Waals surface area contributed by atoms with Gasteiger partial charge >= 0.3 is 6.18 Å². The first-order valence-corrected chi connectivity index (χ1v) is 13.4. The molecule has 2 aliphatic heterocycles. The van der Waals surface area contributed by atoms with Crippen LogP contribution in [0.15, 0.2) is 42.7 Å². The van der Waals surface area contributed by atoms with Gasteiger partial charge in [-0.2, -0.15) is 13.2 Å². The zero-order valence-electron chi connectivity index (χ0n) is 22.4. The fourth-order valence-corrected chi connectivity index (χ4v) is 6.43. The van der Waals surface area contributed by atoms with Crippen LogP contribution in [0.2, 0.25) is 0 Å². The van der Waals surface area contributed by atoms with E-state index in [2.05, 4.69) is 20.6 Å². The van der Waals surface area contributed by atoms with Crippen LogP contribution in [0, 0.1) is 17.5 Å². The molecule has 224 valence electrons. The summed E-state index contributed by atoms with van der Waals surface area (Å²) < 4.78 is 83.8. The van der Waals surface area contributed by atoms with Gasteiger partial charge in [0, 0.05) is 47.6 Å². The molecular formula is C29H23F6N5O3. The molecule has 43 heavy (non-hydrogen) atoms. The second-order valence-corrected chi connectivity index (χ2v) is 11.1. The lowest BCUT2D eigenvalue weighted by atomic mass is 9.80. The van der Waals surface area contributed by atoms with Crippen molar-refractivity contribution in [2.45, 2.75) is 55.8 Å². The maximum Gasteiger partial charge on any atom is 0.406 e. The van der Waals surface area contributed by atoms with E-state index in [1.165, 1.54) is 19.2 Å². The highest BCUT2D eigenvalue weighted by Crippen LogP contribution is 2.46. The standard InChI is InChI=1S/C29H23F6N5O3/c1-13-16(22-18(30)4-5-19(31)23(22)32)8-20(26(42)40(13)12-29(33,34)35)38-25(41)15-7-14-9-28(10-21(14)37-11-15)17-3-2-6-36-24(17)39-27(28)43/h2-7,11,13,16,20H,8-10,12H2,1H3,(H,38,41)(H,36,39,43)/t13-,16-,20+,28-/m1/s1. The van der Waals surface area contributed by atoms with Crippen molar-refractivity contribution in [1.29, 1.82) is 0 Å². The van der Waals surface area contributed by atoms with Crippen molar-refractivity contribution in [2.24, 2.45) is 0 Å². The Bertz CT molecular complexity index is 1680. The number of aromatic nitrogens is 2. The van der Waals surface area contributed by atoms with Crippen LogP contribution < -0.4 is 10.6 Å². The lowest BCUT2D eigenvalue weighted by Gasteiger charge is -2.43. The minimum absolute atomic E-state index is 0.0333. The predicted molar refractivity (Wildman–Crippen MR) is 138 cm³/mol. The number of carbonyl (C=O) groups is 3. The summed E-state index contributed by atoms with van der Waals surface area (Å²) in [5.74, 6) is -7.38. The smallest absolute Gasteiger partial charge is 0.340 e. The van der Waals surface area contributed by atoms with E-state index in [0.29, 0.717) is 39.7 Å². The summed E-state index contributed by atoms with van der Waals surface area (Å²) in [4.78, 5) is 48.4. The SMILES string of the molecule is C[C@@H]1[C@H](c2c(F)ccc(F)c2F)C[C@H](NC(=O)c2cnc3c(c2)C[C@]2(C3)C(=O)Nc3ncccc32)C(=O)N1CC(F)(F)F. The zero-order chi connectivity index (χ0) is 30.8. The van der Waals surface area contributed by atoms with Crippen molar-refractivity contribution in [3.63, 3.8) is 0 Å². The Balaban J connectivity index is 1.28. The number of hydrogen-bond donors (Lipinski definition) is 2. The number of carbonyl (C=O) groups excluding carboxylic acids is 3. The molecule has 0 unspecified atom stereocenters. The monoisotopic (exact) mass is 603 g/mol. The normalized spacial score (nSPS) is 24.6. The molecule has 14 heteroatoms. The van der Waals surface area contributed by atoms with Crippen molar-refractivity contribution in [3.8, 4) is 0 Å². The molecule has 2 N–H and O–H groups in total. The van der Waals surface area contributed by atoms with Crippen molar-refractivity contribution >= 4 is 23.5 Å². The highest BCUT2D eigenvalue weighted by Gasteiger charge is 2.52. The number of amides is 3. The summed E-state index contributed by atoms with van der Waals surface area (Å²) in [6.45, 7) is -0.557. The second-order valence-electron chi connectivity index (χ2n) is 11.1. The summed E-state index contributed by atoms with van der Waals surface area (Å²) in [6.07, 6.45) is -2.11. The van der Waals surface area contributed by atoms with Crippen molar-refractivity contribution in [3.05, 3.63) is 88.1 Å². The third kappa shape index (κ3) is 4.78. The van der Waals surface area contributed by atoms with Gasteiger partial charge in [-0.05, 0) is 49.6 Å². The average molecular weight is 604 g/mol. The fourth-order valence-electron chi connectivity index (χ4n) is 6.43. The molecule has 3 amide bonds. The lowest BCUT2D eigenvalue weighted by Crippen LogP contribution is -2.60. The molecule has 3 aromatic rings. The number of hydrogen-bond acceptors (Lipinski definition) is 5. The number of rotatable bonds is 4. The molecule has 1 aliphatic carbocycles. The summed E-state index contributed by atoms with van der Waals surface area (Å²) in [5.41, 5.74) is 0.0460. The van der Waals surface area contributed by atoms with Gasteiger partial charge in [0.2, 0.25) is 11.8 Å². The number of piperidine rings is 1. The van der Waals surface area contributed by atoms with E-state index in [1.807, 2.05) is 0 Å². The van der Waals surface area contributed by atoms with Crippen LogP contribution in [0.1, 0.15) is 52.0 Å². The van der Waals surface area contributed by atoms with Crippen LogP contribution in [0.5, 0.6) is 0 Å². The van der Waals surface area contributed by atoms with Gasteiger partial charge in [-0.15, -0.1) is 0 Å². The van der Waals surface area contributed by atoms with E-state index >= 15 is 0 Å². The molecular weight excluding hydrogens is 580 g/mol. The van der Waals surface area contributed by atoms with E-state index in [9.17, 15) is 40.7 Å².